The number of rotatable bonds is 3. The molecule has 0 bridgehead atoms. The minimum absolute atomic E-state index is 0.0717. The minimum atomic E-state index is -0.155. The molecule has 3 rings (SSSR count). The second kappa shape index (κ2) is 7.96. The van der Waals surface area contributed by atoms with Crippen molar-refractivity contribution in [2.75, 3.05) is 26.2 Å². The number of aromatic nitrogens is 1. The molecule has 138 valence electrons. The Morgan fingerprint density at radius 2 is 1.81 bits per heavy atom. The molecule has 1 aliphatic heterocycles. The first-order valence-electron chi connectivity index (χ1n) is 9.15. The number of benzene rings is 1. The van der Waals surface area contributed by atoms with Crippen LogP contribution >= 0.6 is 0 Å². The van der Waals surface area contributed by atoms with Crippen molar-refractivity contribution in [2.45, 2.75) is 33.7 Å². The highest BCUT2D eigenvalue weighted by Crippen LogP contribution is 2.17. The van der Waals surface area contributed by atoms with Gasteiger partial charge in [0.25, 0.3) is 5.91 Å². The van der Waals surface area contributed by atoms with Crippen molar-refractivity contribution < 1.29 is 9.18 Å². The average Bonchev–Trinajstić information content (AvgIpc) is 2.83. The lowest BCUT2D eigenvalue weighted by Gasteiger charge is -2.23. The van der Waals surface area contributed by atoms with Crippen LogP contribution < -0.4 is 0 Å². The molecule has 2 aromatic rings. The zero-order chi connectivity index (χ0) is 18.7. The van der Waals surface area contributed by atoms with E-state index in [1.165, 1.54) is 6.07 Å². The van der Waals surface area contributed by atoms with Gasteiger partial charge in [0.1, 0.15) is 5.82 Å². The molecule has 2 heterocycles. The zero-order valence-corrected chi connectivity index (χ0v) is 15.8. The Bertz CT molecular complexity index is 786. The summed E-state index contributed by atoms with van der Waals surface area (Å²) < 4.78 is 13.8. The summed E-state index contributed by atoms with van der Waals surface area (Å²) in [6, 6.07) is 8.96. The van der Waals surface area contributed by atoms with Gasteiger partial charge in [0, 0.05) is 49.7 Å². The van der Waals surface area contributed by atoms with Gasteiger partial charge in [-0.05, 0) is 56.5 Å². The van der Waals surface area contributed by atoms with Gasteiger partial charge in [-0.15, -0.1) is 0 Å². The lowest BCUT2D eigenvalue weighted by Crippen LogP contribution is -2.35. The standard InChI is InChI=1S/C21H26FN3O/c1-15-12-19(13-16(2)23-15)21(26)25-9-5-8-24(10-11-25)14-18-6-4-7-20(22)17(18)3/h4,6-7,12-13H,5,8-11,14H2,1-3H3. The molecule has 1 fully saturated rings. The first kappa shape index (κ1) is 18.5. The number of carbonyl (C=O) groups is 1. The quantitative estimate of drug-likeness (QED) is 0.846. The van der Waals surface area contributed by atoms with E-state index in [9.17, 15) is 9.18 Å². The smallest absolute Gasteiger partial charge is 0.254 e. The van der Waals surface area contributed by atoms with Gasteiger partial charge in [0.15, 0.2) is 0 Å². The van der Waals surface area contributed by atoms with Crippen molar-refractivity contribution in [3.05, 3.63) is 64.2 Å². The Morgan fingerprint density at radius 3 is 2.54 bits per heavy atom. The number of nitrogens with zero attached hydrogens (tertiary/aromatic N) is 3. The molecule has 4 nitrogen and oxygen atoms in total. The first-order chi connectivity index (χ1) is 12.4. The van der Waals surface area contributed by atoms with Gasteiger partial charge in [-0.2, -0.15) is 0 Å². The molecular weight excluding hydrogens is 329 g/mol. The van der Waals surface area contributed by atoms with E-state index in [0.29, 0.717) is 17.7 Å². The topological polar surface area (TPSA) is 36.4 Å². The van der Waals surface area contributed by atoms with Crippen LogP contribution in [0.1, 0.15) is 39.3 Å². The van der Waals surface area contributed by atoms with E-state index in [2.05, 4.69) is 9.88 Å². The van der Waals surface area contributed by atoms with Crippen LogP contribution in [0.5, 0.6) is 0 Å². The van der Waals surface area contributed by atoms with Gasteiger partial charge in [-0.3, -0.25) is 14.7 Å². The molecule has 26 heavy (non-hydrogen) atoms. The summed E-state index contributed by atoms with van der Waals surface area (Å²) in [4.78, 5) is 21.4. The van der Waals surface area contributed by atoms with E-state index in [-0.39, 0.29) is 11.7 Å². The van der Waals surface area contributed by atoms with Crippen molar-refractivity contribution in [1.82, 2.24) is 14.8 Å². The van der Waals surface area contributed by atoms with Crippen molar-refractivity contribution >= 4 is 5.91 Å². The van der Waals surface area contributed by atoms with Gasteiger partial charge in [0.2, 0.25) is 0 Å². The Balaban J connectivity index is 1.66. The third kappa shape index (κ3) is 4.28. The lowest BCUT2D eigenvalue weighted by molar-refractivity contribution is 0.0760. The van der Waals surface area contributed by atoms with Gasteiger partial charge < -0.3 is 4.90 Å². The van der Waals surface area contributed by atoms with Gasteiger partial charge >= 0.3 is 0 Å². The average molecular weight is 355 g/mol. The van der Waals surface area contributed by atoms with E-state index in [0.717, 1.165) is 49.6 Å². The zero-order valence-electron chi connectivity index (χ0n) is 15.8. The van der Waals surface area contributed by atoms with E-state index in [4.69, 9.17) is 0 Å². The fourth-order valence-corrected chi connectivity index (χ4v) is 3.54. The molecule has 1 aromatic heterocycles. The third-order valence-corrected chi connectivity index (χ3v) is 4.98. The number of amides is 1. The highest BCUT2D eigenvalue weighted by molar-refractivity contribution is 5.94. The Kier molecular flexibility index (Phi) is 5.67. The van der Waals surface area contributed by atoms with Crippen molar-refractivity contribution in [3.8, 4) is 0 Å². The summed E-state index contributed by atoms with van der Waals surface area (Å²) in [7, 11) is 0. The van der Waals surface area contributed by atoms with Crippen molar-refractivity contribution in [1.29, 1.82) is 0 Å². The summed E-state index contributed by atoms with van der Waals surface area (Å²) in [5.41, 5.74) is 4.18. The fraction of sp³-hybridized carbons (Fsp3) is 0.429. The Labute approximate surface area is 154 Å². The summed E-state index contributed by atoms with van der Waals surface area (Å²) >= 11 is 0. The number of carbonyl (C=O) groups excluding carboxylic acids is 1. The maximum Gasteiger partial charge on any atom is 0.254 e. The predicted octanol–water partition coefficient (Wildman–Crippen LogP) is 3.49. The monoisotopic (exact) mass is 355 g/mol. The highest BCUT2D eigenvalue weighted by atomic mass is 19.1. The van der Waals surface area contributed by atoms with Crippen LogP contribution in [0, 0.1) is 26.6 Å². The molecule has 1 aromatic carbocycles. The summed E-state index contributed by atoms with van der Waals surface area (Å²) in [5, 5.41) is 0. The van der Waals surface area contributed by atoms with E-state index >= 15 is 0 Å². The van der Waals surface area contributed by atoms with Gasteiger partial charge in [-0.1, -0.05) is 12.1 Å². The van der Waals surface area contributed by atoms with Crippen LogP contribution in [-0.2, 0) is 6.54 Å². The predicted molar refractivity (Wildman–Crippen MR) is 101 cm³/mol. The number of pyridine rings is 1. The molecule has 0 radical (unpaired) electrons. The highest BCUT2D eigenvalue weighted by Gasteiger charge is 2.21. The molecule has 1 saturated heterocycles. The van der Waals surface area contributed by atoms with Crippen LogP contribution in [0.25, 0.3) is 0 Å². The van der Waals surface area contributed by atoms with Crippen molar-refractivity contribution in [2.24, 2.45) is 0 Å². The number of hydrogen-bond donors (Lipinski definition) is 0. The largest absolute Gasteiger partial charge is 0.337 e. The Hall–Kier alpha value is -2.27. The maximum atomic E-state index is 13.8. The normalized spacial score (nSPS) is 15.8. The third-order valence-electron chi connectivity index (χ3n) is 4.98. The second-order valence-corrected chi connectivity index (χ2v) is 7.08. The molecule has 5 heteroatoms. The van der Waals surface area contributed by atoms with E-state index < -0.39 is 0 Å². The maximum absolute atomic E-state index is 13.8. The molecule has 0 spiro atoms. The molecule has 0 unspecified atom stereocenters. The molecular formula is C21H26FN3O. The summed E-state index contributed by atoms with van der Waals surface area (Å²) in [6.07, 6.45) is 0.920. The molecule has 1 amide bonds. The first-order valence-corrected chi connectivity index (χ1v) is 9.15. The number of aryl methyl sites for hydroxylation is 2. The van der Waals surface area contributed by atoms with E-state index in [1.807, 2.05) is 43.9 Å². The number of halogens is 1. The van der Waals surface area contributed by atoms with E-state index in [1.54, 1.807) is 6.07 Å². The van der Waals surface area contributed by atoms with Crippen LogP contribution in [0.4, 0.5) is 4.39 Å². The Morgan fingerprint density at radius 1 is 1.08 bits per heavy atom. The van der Waals surface area contributed by atoms with Gasteiger partial charge in [-0.25, -0.2) is 4.39 Å². The molecule has 1 aliphatic rings. The minimum Gasteiger partial charge on any atom is -0.337 e. The molecule has 0 saturated carbocycles. The SMILES string of the molecule is Cc1cc(C(=O)N2CCCN(Cc3cccc(F)c3C)CC2)cc(C)n1. The summed E-state index contributed by atoms with van der Waals surface area (Å²) in [5.74, 6) is -0.0834. The second-order valence-electron chi connectivity index (χ2n) is 7.08. The van der Waals surface area contributed by atoms with Crippen LogP contribution in [-0.4, -0.2) is 46.9 Å². The molecule has 0 N–H and O–H groups in total. The molecule has 0 atom stereocenters. The van der Waals surface area contributed by atoms with Crippen LogP contribution in [0.3, 0.4) is 0 Å². The summed E-state index contributed by atoms with van der Waals surface area (Å²) in [6.45, 7) is 9.51. The lowest BCUT2D eigenvalue weighted by atomic mass is 10.1. The van der Waals surface area contributed by atoms with Crippen LogP contribution in [0.2, 0.25) is 0 Å². The molecule has 0 aliphatic carbocycles. The number of hydrogen-bond acceptors (Lipinski definition) is 3. The van der Waals surface area contributed by atoms with Crippen molar-refractivity contribution in [3.63, 3.8) is 0 Å². The van der Waals surface area contributed by atoms with Gasteiger partial charge in [0.05, 0.1) is 0 Å². The fourth-order valence-electron chi connectivity index (χ4n) is 3.54. The van der Waals surface area contributed by atoms with Crippen LogP contribution in [0.15, 0.2) is 30.3 Å².